The highest BCUT2D eigenvalue weighted by Gasteiger charge is 2.37. The molecular formula is C13H21N3OS. The Labute approximate surface area is 112 Å². The fourth-order valence-corrected chi connectivity index (χ4v) is 3.37. The van der Waals surface area contributed by atoms with Gasteiger partial charge in [0.05, 0.1) is 23.3 Å². The average molecular weight is 267 g/mol. The van der Waals surface area contributed by atoms with Crippen LogP contribution in [-0.2, 0) is 11.3 Å². The lowest BCUT2D eigenvalue weighted by atomic mass is 9.81. The van der Waals surface area contributed by atoms with E-state index in [1.807, 2.05) is 19.5 Å². The second-order valence-corrected chi connectivity index (χ2v) is 6.18. The summed E-state index contributed by atoms with van der Waals surface area (Å²) >= 11 is 1.60. The number of carbonyl (C=O) groups is 1. The van der Waals surface area contributed by atoms with Crippen LogP contribution in [0.15, 0.2) is 5.51 Å². The van der Waals surface area contributed by atoms with Crippen LogP contribution in [0.25, 0.3) is 0 Å². The van der Waals surface area contributed by atoms with Gasteiger partial charge in [-0.3, -0.25) is 4.79 Å². The van der Waals surface area contributed by atoms with Crippen molar-refractivity contribution in [1.29, 1.82) is 0 Å². The lowest BCUT2D eigenvalue weighted by Crippen LogP contribution is -2.55. The molecule has 0 bridgehead atoms. The molecule has 1 fully saturated rings. The number of aromatic nitrogens is 1. The third kappa shape index (κ3) is 2.72. The highest BCUT2D eigenvalue weighted by Crippen LogP contribution is 2.28. The van der Waals surface area contributed by atoms with Gasteiger partial charge in [-0.2, -0.15) is 0 Å². The van der Waals surface area contributed by atoms with E-state index in [0.717, 1.165) is 36.3 Å². The second kappa shape index (κ2) is 5.36. The number of nitrogens with zero attached hydrogens (tertiary/aromatic N) is 2. The van der Waals surface area contributed by atoms with Crippen LogP contribution in [0.3, 0.4) is 0 Å². The van der Waals surface area contributed by atoms with E-state index in [1.165, 1.54) is 6.42 Å². The third-order valence-electron chi connectivity index (χ3n) is 3.74. The summed E-state index contributed by atoms with van der Waals surface area (Å²) < 4.78 is 0. The van der Waals surface area contributed by atoms with E-state index in [-0.39, 0.29) is 5.91 Å². The first kappa shape index (κ1) is 13.5. The van der Waals surface area contributed by atoms with Gasteiger partial charge in [-0.15, -0.1) is 11.3 Å². The lowest BCUT2D eigenvalue weighted by molar-refractivity contribution is -0.137. The monoisotopic (exact) mass is 267 g/mol. The Morgan fingerprint density at radius 2 is 2.17 bits per heavy atom. The molecule has 0 saturated heterocycles. The number of likely N-dealkylation sites (N-methyl/N-ethyl adjacent to an activating group) is 1. The Kier molecular flexibility index (Phi) is 4.02. The Morgan fingerprint density at radius 3 is 2.72 bits per heavy atom. The summed E-state index contributed by atoms with van der Waals surface area (Å²) in [4.78, 5) is 19.6. The van der Waals surface area contributed by atoms with Crippen LogP contribution in [0.5, 0.6) is 0 Å². The predicted molar refractivity (Wildman–Crippen MR) is 73.3 cm³/mol. The molecule has 0 radical (unpaired) electrons. The summed E-state index contributed by atoms with van der Waals surface area (Å²) in [6, 6.07) is 0. The fraction of sp³-hybridized carbons (Fsp3) is 0.692. The maximum Gasteiger partial charge on any atom is 0.242 e. The molecule has 0 aromatic carbocycles. The second-order valence-electron chi connectivity index (χ2n) is 5.24. The first-order valence-electron chi connectivity index (χ1n) is 6.46. The summed E-state index contributed by atoms with van der Waals surface area (Å²) in [6.45, 7) is 2.59. The van der Waals surface area contributed by atoms with E-state index in [4.69, 9.17) is 5.73 Å². The zero-order valence-electron chi connectivity index (χ0n) is 11.1. The third-order valence-corrected chi connectivity index (χ3v) is 4.66. The minimum Gasteiger partial charge on any atom is -0.339 e. The van der Waals surface area contributed by atoms with Crippen LogP contribution in [0, 0.1) is 6.92 Å². The van der Waals surface area contributed by atoms with E-state index in [9.17, 15) is 4.79 Å². The van der Waals surface area contributed by atoms with E-state index < -0.39 is 5.54 Å². The van der Waals surface area contributed by atoms with Gasteiger partial charge >= 0.3 is 0 Å². The molecule has 100 valence electrons. The average Bonchev–Trinajstić information content (AvgIpc) is 2.75. The van der Waals surface area contributed by atoms with Crippen molar-refractivity contribution in [2.45, 2.75) is 51.1 Å². The molecule has 2 rings (SSSR count). The van der Waals surface area contributed by atoms with Crippen molar-refractivity contribution in [3.8, 4) is 0 Å². The van der Waals surface area contributed by atoms with E-state index >= 15 is 0 Å². The first-order valence-corrected chi connectivity index (χ1v) is 7.34. The molecule has 2 N–H and O–H groups in total. The van der Waals surface area contributed by atoms with Crippen molar-refractivity contribution >= 4 is 17.2 Å². The molecule has 0 atom stereocenters. The molecular weight excluding hydrogens is 246 g/mol. The normalized spacial score (nSPS) is 18.6. The molecule has 18 heavy (non-hydrogen) atoms. The molecule has 0 unspecified atom stereocenters. The summed E-state index contributed by atoms with van der Waals surface area (Å²) in [5, 5.41) is 0. The van der Waals surface area contributed by atoms with E-state index in [2.05, 4.69) is 4.98 Å². The maximum atomic E-state index is 12.4. The summed E-state index contributed by atoms with van der Waals surface area (Å²) in [6.07, 6.45) is 4.96. The molecule has 5 heteroatoms. The molecule has 1 aromatic rings. The van der Waals surface area contributed by atoms with E-state index in [0.29, 0.717) is 6.54 Å². The number of carbonyl (C=O) groups excluding carboxylic acids is 1. The van der Waals surface area contributed by atoms with Gasteiger partial charge < -0.3 is 10.6 Å². The standard InChI is InChI=1S/C13H21N3OS/c1-10-11(18-9-15-10)8-16(2)12(17)13(14)6-4-3-5-7-13/h9H,3-8,14H2,1-2H3. The maximum absolute atomic E-state index is 12.4. The number of thiazole rings is 1. The number of hydrogen-bond acceptors (Lipinski definition) is 4. The first-order chi connectivity index (χ1) is 8.53. The lowest BCUT2D eigenvalue weighted by Gasteiger charge is -2.35. The quantitative estimate of drug-likeness (QED) is 0.912. The van der Waals surface area contributed by atoms with Gasteiger partial charge in [0.2, 0.25) is 5.91 Å². The van der Waals surface area contributed by atoms with Crippen molar-refractivity contribution in [3.05, 3.63) is 16.1 Å². The number of rotatable bonds is 3. The number of aryl methyl sites for hydroxylation is 1. The van der Waals surface area contributed by atoms with Crippen LogP contribution in [0.1, 0.15) is 42.7 Å². The van der Waals surface area contributed by atoms with Gasteiger partial charge in [0, 0.05) is 11.9 Å². The van der Waals surface area contributed by atoms with Crippen molar-refractivity contribution in [1.82, 2.24) is 9.88 Å². The van der Waals surface area contributed by atoms with Gasteiger partial charge in [0.25, 0.3) is 0 Å². The van der Waals surface area contributed by atoms with E-state index in [1.54, 1.807) is 16.2 Å². The van der Waals surface area contributed by atoms with Crippen LogP contribution < -0.4 is 5.73 Å². The fourth-order valence-electron chi connectivity index (χ4n) is 2.54. The SMILES string of the molecule is Cc1ncsc1CN(C)C(=O)C1(N)CCCCC1. The van der Waals surface area contributed by atoms with Gasteiger partial charge in [0.1, 0.15) is 0 Å². The van der Waals surface area contributed by atoms with Crippen molar-refractivity contribution < 1.29 is 4.79 Å². The Balaban J connectivity index is 2.02. The zero-order valence-corrected chi connectivity index (χ0v) is 11.9. The molecule has 1 amide bonds. The summed E-state index contributed by atoms with van der Waals surface area (Å²) in [5.41, 5.74) is 8.46. The molecule has 1 saturated carbocycles. The van der Waals surface area contributed by atoms with Gasteiger partial charge in [-0.05, 0) is 19.8 Å². The zero-order chi connectivity index (χ0) is 13.2. The summed E-state index contributed by atoms with van der Waals surface area (Å²) in [7, 11) is 1.84. The topological polar surface area (TPSA) is 59.2 Å². The van der Waals surface area contributed by atoms with Gasteiger partial charge in [-0.1, -0.05) is 19.3 Å². The van der Waals surface area contributed by atoms with Gasteiger partial charge in [0.15, 0.2) is 0 Å². The number of amides is 1. The summed E-state index contributed by atoms with van der Waals surface area (Å²) in [5.74, 6) is 0.0787. The Hall–Kier alpha value is -0.940. The molecule has 1 heterocycles. The van der Waals surface area contributed by atoms with Crippen LogP contribution in [0.2, 0.25) is 0 Å². The molecule has 0 spiro atoms. The number of nitrogens with two attached hydrogens (primary N) is 1. The molecule has 1 aliphatic carbocycles. The van der Waals surface area contributed by atoms with Crippen molar-refractivity contribution in [2.75, 3.05) is 7.05 Å². The number of hydrogen-bond donors (Lipinski definition) is 1. The molecule has 4 nitrogen and oxygen atoms in total. The highest BCUT2D eigenvalue weighted by molar-refractivity contribution is 7.09. The van der Waals surface area contributed by atoms with Crippen LogP contribution >= 0.6 is 11.3 Å². The smallest absolute Gasteiger partial charge is 0.242 e. The Bertz CT molecular complexity index is 424. The molecule has 0 aliphatic heterocycles. The highest BCUT2D eigenvalue weighted by atomic mass is 32.1. The molecule has 1 aliphatic rings. The van der Waals surface area contributed by atoms with Crippen LogP contribution in [-0.4, -0.2) is 28.4 Å². The van der Waals surface area contributed by atoms with Crippen LogP contribution in [0.4, 0.5) is 0 Å². The minimum absolute atomic E-state index is 0.0787. The molecule has 1 aromatic heterocycles. The Morgan fingerprint density at radius 1 is 1.50 bits per heavy atom. The van der Waals surface area contributed by atoms with Crippen molar-refractivity contribution in [2.24, 2.45) is 5.73 Å². The minimum atomic E-state index is -0.633. The predicted octanol–water partition coefficient (Wildman–Crippen LogP) is 2.07. The van der Waals surface area contributed by atoms with Crippen molar-refractivity contribution in [3.63, 3.8) is 0 Å². The van der Waals surface area contributed by atoms with Gasteiger partial charge in [-0.25, -0.2) is 4.98 Å². The largest absolute Gasteiger partial charge is 0.339 e.